The number of hydrogen-bond donors (Lipinski definition) is 3. The van der Waals surface area contributed by atoms with Crippen molar-refractivity contribution >= 4 is 0 Å². The molecule has 0 spiro atoms. The molecule has 0 rings (SSSR count). The van der Waals surface area contributed by atoms with Gasteiger partial charge in [-0.3, -0.25) is 0 Å². The molecule has 0 saturated heterocycles. The number of nitrogens with one attached hydrogen (secondary N) is 1. The van der Waals surface area contributed by atoms with Crippen molar-refractivity contribution in [3.05, 3.63) is 0 Å². The molecule has 0 bridgehead atoms. The van der Waals surface area contributed by atoms with E-state index in [1.807, 2.05) is 0 Å². The van der Waals surface area contributed by atoms with Crippen LogP contribution in [0.4, 0.5) is 0 Å². The predicted octanol–water partition coefficient (Wildman–Crippen LogP) is 1.11. The summed E-state index contributed by atoms with van der Waals surface area (Å²) in [6.07, 6.45) is 4.32. The minimum atomic E-state index is 0.311. The van der Waals surface area contributed by atoms with E-state index in [1.165, 1.54) is 6.42 Å². The van der Waals surface area contributed by atoms with E-state index < -0.39 is 0 Å². The lowest BCUT2D eigenvalue weighted by Gasteiger charge is -2.22. The minimum Gasteiger partial charge on any atom is -0.396 e. The fourth-order valence-corrected chi connectivity index (χ4v) is 1.50. The summed E-state index contributed by atoms with van der Waals surface area (Å²) in [4.78, 5) is 0. The van der Waals surface area contributed by atoms with Gasteiger partial charge in [-0.1, -0.05) is 20.3 Å². The first-order valence-corrected chi connectivity index (χ1v) is 5.80. The quantitative estimate of drug-likeness (QED) is 0.491. The third kappa shape index (κ3) is 6.35. The van der Waals surface area contributed by atoms with Crippen molar-refractivity contribution in [3.8, 4) is 0 Å². The lowest BCUT2D eigenvalue weighted by molar-refractivity contribution is 0.281. The zero-order valence-electron chi connectivity index (χ0n) is 9.63. The molecular weight excluding hydrogens is 176 g/mol. The van der Waals surface area contributed by atoms with Gasteiger partial charge in [0.05, 0.1) is 0 Å². The summed E-state index contributed by atoms with van der Waals surface area (Å²) in [6, 6.07) is 0.453. The number of unbranched alkanes of at least 4 members (excludes halogenated alkanes) is 2. The van der Waals surface area contributed by atoms with Crippen molar-refractivity contribution in [1.29, 1.82) is 0 Å². The number of aliphatic hydroxyl groups is 1. The summed E-state index contributed by atoms with van der Waals surface area (Å²) < 4.78 is 0. The molecule has 4 N–H and O–H groups in total. The molecule has 0 aromatic carbocycles. The van der Waals surface area contributed by atoms with Crippen molar-refractivity contribution in [2.75, 3.05) is 19.7 Å². The molecule has 3 heteroatoms. The van der Waals surface area contributed by atoms with Gasteiger partial charge >= 0.3 is 0 Å². The van der Waals surface area contributed by atoms with Gasteiger partial charge in [0.15, 0.2) is 0 Å². The van der Waals surface area contributed by atoms with Crippen molar-refractivity contribution < 1.29 is 5.11 Å². The lowest BCUT2D eigenvalue weighted by Crippen LogP contribution is -2.41. The smallest absolute Gasteiger partial charge is 0.0431 e. The van der Waals surface area contributed by atoms with Crippen LogP contribution in [-0.4, -0.2) is 30.8 Å². The molecule has 3 nitrogen and oxygen atoms in total. The first-order valence-electron chi connectivity index (χ1n) is 5.80. The Balaban J connectivity index is 3.42. The molecule has 0 aliphatic carbocycles. The summed E-state index contributed by atoms with van der Waals surface area (Å²) >= 11 is 0. The molecule has 0 aliphatic heterocycles. The third-order valence-electron chi connectivity index (χ3n) is 2.83. The Hall–Kier alpha value is -0.120. The number of nitrogens with two attached hydrogens (primary N) is 1. The van der Waals surface area contributed by atoms with Crippen LogP contribution >= 0.6 is 0 Å². The van der Waals surface area contributed by atoms with Crippen LogP contribution in [0.3, 0.4) is 0 Å². The SMILES string of the molecule is CCC(C)C(CN)NCCCCCO. The van der Waals surface area contributed by atoms with E-state index in [2.05, 4.69) is 19.2 Å². The highest BCUT2D eigenvalue weighted by Gasteiger charge is 2.12. The average Bonchev–Trinajstić information content (AvgIpc) is 2.22. The Morgan fingerprint density at radius 1 is 1.29 bits per heavy atom. The Bertz CT molecular complexity index is 120. The van der Waals surface area contributed by atoms with Gasteiger partial charge in [0, 0.05) is 19.2 Å². The molecule has 0 fully saturated rings. The summed E-state index contributed by atoms with van der Waals surface area (Å²) in [6.45, 7) is 6.48. The van der Waals surface area contributed by atoms with E-state index in [4.69, 9.17) is 10.8 Å². The minimum absolute atomic E-state index is 0.311. The Labute approximate surface area is 88.1 Å². The van der Waals surface area contributed by atoms with Crippen LogP contribution in [-0.2, 0) is 0 Å². The van der Waals surface area contributed by atoms with E-state index in [9.17, 15) is 0 Å². The first kappa shape index (κ1) is 13.9. The van der Waals surface area contributed by atoms with Gasteiger partial charge in [-0.2, -0.15) is 0 Å². The first-order chi connectivity index (χ1) is 6.76. The number of rotatable bonds is 9. The molecule has 2 unspecified atom stereocenters. The van der Waals surface area contributed by atoms with Crippen molar-refractivity contribution in [3.63, 3.8) is 0 Å². The van der Waals surface area contributed by atoms with Gasteiger partial charge in [-0.15, -0.1) is 0 Å². The van der Waals surface area contributed by atoms with E-state index in [-0.39, 0.29) is 0 Å². The van der Waals surface area contributed by atoms with E-state index in [1.54, 1.807) is 0 Å². The molecule has 2 atom stereocenters. The molecule has 0 saturated carbocycles. The second-order valence-corrected chi connectivity index (χ2v) is 3.97. The normalized spacial score (nSPS) is 15.4. The van der Waals surface area contributed by atoms with Crippen LogP contribution in [0.2, 0.25) is 0 Å². The van der Waals surface area contributed by atoms with Crippen LogP contribution in [0.1, 0.15) is 39.5 Å². The van der Waals surface area contributed by atoms with E-state index in [0.29, 0.717) is 18.6 Å². The van der Waals surface area contributed by atoms with Crippen LogP contribution in [0, 0.1) is 5.92 Å². The molecule has 14 heavy (non-hydrogen) atoms. The summed E-state index contributed by atoms with van der Waals surface area (Å²) in [5.74, 6) is 0.651. The van der Waals surface area contributed by atoms with Crippen molar-refractivity contribution in [2.45, 2.75) is 45.6 Å². The maximum Gasteiger partial charge on any atom is 0.0431 e. The average molecular weight is 202 g/mol. The fraction of sp³-hybridized carbons (Fsp3) is 1.00. The van der Waals surface area contributed by atoms with Crippen LogP contribution < -0.4 is 11.1 Å². The van der Waals surface area contributed by atoms with Gasteiger partial charge in [-0.25, -0.2) is 0 Å². The van der Waals surface area contributed by atoms with E-state index >= 15 is 0 Å². The second kappa shape index (κ2) is 9.44. The summed E-state index contributed by atoms with van der Waals surface area (Å²) in [5, 5.41) is 12.1. The molecule has 0 radical (unpaired) electrons. The largest absolute Gasteiger partial charge is 0.396 e. The Morgan fingerprint density at radius 2 is 2.00 bits per heavy atom. The van der Waals surface area contributed by atoms with Gasteiger partial charge in [-0.05, 0) is 31.7 Å². The maximum absolute atomic E-state index is 8.61. The Kier molecular flexibility index (Phi) is 9.35. The van der Waals surface area contributed by atoms with Crippen molar-refractivity contribution in [2.24, 2.45) is 11.7 Å². The lowest BCUT2D eigenvalue weighted by atomic mass is 9.99. The monoisotopic (exact) mass is 202 g/mol. The predicted molar refractivity (Wildman–Crippen MR) is 61.2 cm³/mol. The number of aliphatic hydroxyl groups excluding tert-OH is 1. The number of hydrogen-bond acceptors (Lipinski definition) is 3. The molecule has 0 amide bonds. The zero-order chi connectivity index (χ0) is 10.8. The van der Waals surface area contributed by atoms with Crippen LogP contribution in [0.25, 0.3) is 0 Å². The second-order valence-electron chi connectivity index (χ2n) is 3.97. The Morgan fingerprint density at radius 3 is 2.50 bits per heavy atom. The summed E-state index contributed by atoms with van der Waals surface area (Å²) in [5.41, 5.74) is 5.69. The maximum atomic E-state index is 8.61. The van der Waals surface area contributed by atoms with E-state index in [0.717, 1.165) is 32.4 Å². The van der Waals surface area contributed by atoms with Gasteiger partial charge in [0.1, 0.15) is 0 Å². The highest BCUT2D eigenvalue weighted by Crippen LogP contribution is 2.06. The van der Waals surface area contributed by atoms with Crippen molar-refractivity contribution in [1.82, 2.24) is 5.32 Å². The topological polar surface area (TPSA) is 58.3 Å². The molecule has 86 valence electrons. The standard InChI is InChI=1S/C11H26N2O/c1-3-10(2)11(9-12)13-7-5-4-6-8-14/h10-11,13-14H,3-9,12H2,1-2H3. The third-order valence-corrected chi connectivity index (χ3v) is 2.83. The molecule has 0 aromatic rings. The fourth-order valence-electron chi connectivity index (χ4n) is 1.50. The van der Waals surface area contributed by atoms with Crippen LogP contribution in [0.5, 0.6) is 0 Å². The molecule has 0 heterocycles. The highest BCUT2D eigenvalue weighted by molar-refractivity contribution is 4.72. The molecular formula is C11H26N2O. The van der Waals surface area contributed by atoms with Gasteiger partial charge in [0.25, 0.3) is 0 Å². The van der Waals surface area contributed by atoms with Gasteiger partial charge < -0.3 is 16.2 Å². The highest BCUT2D eigenvalue weighted by atomic mass is 16.2. The zero-order valence-corrected chi connectivity index (χ0v) is 9.63. The van der Waals surface area contributed by atoms with Gasteiger partial charge in [0.2, 0.25) is 0 Å². The van der Waals surface area contributed by atoms with Crippen LogP contribution in [0.15, 0.2) is 0 Å². The molecule has 0 aliphatic rings. The summed E-state index contributed by atoms with van der Waals surface area (Å²) in [7, 11) is 0. The molecule has 0 aromatic heterocycles.